The predicted octanol–water partition coefficient (Wildman–Crippen LogP) is 5.57. The average molecular weight is 455 g/mol. The van der Waals surface area contributed by atoms with Crippen molar-refractivity contribution in [3.05, 3.63) is 75.5 Å². The number of halogens is 4. The van der Waals surface area contributed by atoms with E-state index in [0.717, 1.165) is 12.1 Å². The molecule has 0 unspecified atom stereocenters. The van der Waals surface area contributed by atoms with E-state index in [1.165, 1.54) is 0 Å². The minimum Gasteiger partial charge on any atom is -0.382 e. The van der Waals surface area contributed by atoms with Crippen LogP contribution in [0.3, 0.4) is 0 Å². The van der Waals surface area contributed by atoms with Gasteiger partial charge in [-0.2, -0.15) is 5.26 Å². The third-order valence-corrected chi connectivity index (χ3v) is 6.92. The molecule has 3 atom stereocenters. The molecule has 0 spiro atoms. The molecule has 0 bridgehead atoms. The lowest BCUT2D eigenvalue weighted by atomic mass is 9.74. The van der Waals surface area contributed by atoms with E-state index in [0.29, 0.717) is 33.6 Å². The highest BCUT2D eigenvalue weighted by Crippen LogP contribution is 2.53. The molecule has 1 aromatic heterocycles. The lowest BCUT2D eigenvalue weighted by molar-refractivity contribution is -0.0966. The zero-order chi connectivity index (χ0) is 23.7. The van der Waals surface area contributed by atoms with Crippen molar-refractivity contribution >= 4 is 0 Å². The number of aliphatic hydroxyl groups excluding tert-OH is 1. The highest BCUT2D eigenvalue weighted by molar-refractivity contribution is 5.72. The molecule has 2 aliphatic rings. The first-order valence-electron chi connectivity index (χ1n) is 10.7. The summed E-state index contributed by atoms with van der Waals surface area (Å²) < 4.78 is 60.1. The van der Waals surface area contributed by atoms with Crippen LogP contribution in [0.25, 0.3) is 11.3 Å². The molecule has 0 saturated heterocycles. The summed E-state index contributed by atoms with van der Waals surface area (Å²) in [7, 11) is 1.75. The standard InChI is InChI=1S/C25H21F4N3O/c1-12-23(32(2)11-31-12)17-4-3-15(19-9-25(28,29)24(33)22(17)19)16-5-6-20(27)18-8-14(26)7-13(10-30)21(16)18/h3-4,7-8,11,16,20,24,33H,5-6,9H2,1-2H3/t16-,20+,24+/m1/s1. The van der Waals surface area contributed by atoms with Gasteiger partial charge in [-0.15, -0.1) is 0 Å². The molecule has 0 radical (unpaired) electrons. The molecule has 0 fully saturated rings. The highest BCUT2D eigenvalue weighted by atomic mass is 19.3. The Hall–Kier alpha value is -3.18. The van der Waals surface area contributed by atoms with Crippen molar-refractivity contribution in [1.29, 1.82) is 5.26 Å². The molecule has 1 heterocycles. The molecule has 4 nitrogen and oxygen atoms in total. The van der Waals surface area contributed by atoms with E-state index in [1.54, 1.807) is 37.0 Å². The summed E-state index contributed by atoms with van der Waals surface area (Å²) in [4.78, 5) is 4.24. The molecule has 2 aliphatic carbocycles. The Labute approximate surface area is 188 Å². The minimum absolute atomic E-state index is 0.00274. The van der Waals surface area contributed by atoms with Gasteiger partial charge in [0.1, 0.15) is 18.1 Å². The summed E-state index contributed by atoms with van der Waals surface area (Å²) in [5.74, 6) is -4.64. The van der Waals surface area contributed by atoms with Gasteiger partial charge in [0, 0.05) is 24.9 Å². The van der Waals surface area contributed by atoms with Crippen molar-refractivity contribution in [1.82, 2.24) is 9.55 Å². The average Bonchev–Trinajstić information content (AvgIpc) is 3.23. The van der Waals surface area contributed by atoms with Crippen LogP contribution >= 0.6 is 0 Å². The SMILES string of the molecule is Cc1ncn(C)c1-c1ccc([C@H]2CC[C@H](F)c3cc(F)cc(C#N)c32)c2c1[C@H](O)C(F)(F)C2. The summed E-state index contributed by atoms with van der Waals surface area (Å²) in [5.41, 5.74) is 3.12. The number of nitrogens with zero attached hydrogens (tertiary/aromatic N) is 3. The zero-order valence-corrected chi connectivity index (χ0v) is 18.0. The van der Waals surface area contributed by atoms with Crippen LogP contribution in [0.1, 0.15) is 70.1 Å². The molecular formula is C25H21F4N3O. The smallest absolute Gasteiger partial charge is 0.281 e. The Morgan fingerprint density at radius 2 is 1.94 bits per heavy atom. The first kappa shape index (κ1) is 21.7. The fourth-order valence-electron chi connectivity index (χ4n) is 5.50. The van der Waals surface area contributed by atoms with Gasteiger partial charge in [0.15, 0.2) is 0 Å². The topological polar surface area (TPSA) is 61.8 Å². The third kappa shape index (κ3) is 3.17. The van der Waals surface area contributed by atoms with Crippen LogP contribution in [-0.4, -0.2) is 20.6 Å². The fourth-order valence-corrected chi connectivity index (χ4v) is 5.50. The Kier molecular flexibility index (Phi) is 4.87. The number of alkyl halides is 3. The third-order valence-electron chi connectivity index (χ3n) is 6.92. The number of aromatic nitrogens is 2. The van der Waals surface area contributed by atoms with Gasteiger partial charge in [0.05, 0.1) is 29.3 Å². The number of rotatable bonds is 2. The van der Waals surface area contributed by atoms with Crippen molar-refractivity contribution in [3.8, 4) is 17.3 Å². The fraction of sp³-hybridized carbons (Fsp3) is 0.360. The zero-order valence-electron chi connectivity index (χ0n) is 18.0. The number of aliphatic hydroxyl groups is 1. The number of nitriles is 1. The molecule has 0 aliphatic heterocycles. The largest absolute Gasteiger partial charge is 0.382 e. The molecule has 0 amide bonds. The molecule has 2 aromatic carbocycles. The summed E-state index contributed by atoms with van der Waals surface area (Å²) >= 11 is 0. The van der Waals surface area contributed by atoms with Gasteiger partial charge < -0.3 is 9.67 Å². The van der Waals surface area contributed by atoms with Gasteiger partial charge in [-0.1, -0.05) is 12.1 Å². The maximum atomic E-state index is 14.8. The van der Waals surface area contributed by atoms with Crippen LogP contribution in [0.2, 0.25) is 0 Å². The number of benzene rings is 2. The number of fused-ring (bicyclic) bond motifs is 2. The van der Waals surface area contributed by atoms with Gasteiger partial charge in [-0.3, -0.25) is 0 Å². The number of hydrogen-bond acceptors (Lipinski definition) is 3. The number of aryl methyl sites for hydroxylation is 2. The second-order valence-corrected chi connectivity index (χ2v) is 8.89. The van der Waals surface area contributed by atoms with Crippen LogP contribution < -0.4 is 0 Å². The second-order valence-electron chi connectivity index (χ2n) is 8.89. The summed E-state index contributed by atoms with van der Waals surface area (Å²) in [6, 6.07) is 7.48. The van der Waals surface area contributed by atoms with Crippen LogP contribution in [0.5, 0.6) is 0 Å². The van der Waals surface area contributed by atoms with Crippen molar-refractivity contribution < 1.29 is 22.7 Å². The van der Waals surface area contributed by atoms with E-state index in [-0.39, 0.29) is 29.5 Å². The van der Waals surface area contributed by atoms with Crippen molar-refractivity contribution in [2.45, 2.75) is 50.3 Å². The van der Waals surface area contributed by atoms with Gasteiger partial charge >= 0.3 is 0 Å². The van der Waals surface area contributed by atoms with Gasteiger partial charge in [-0.05, 0) is 59.7 Å². The van der Waals surface area contributed by atoms with E-state index in [2.05, 4.69) is 4.98 Å². The highest BCUT2D eigenvalue weighted by Gasteiger charge is 2.50. The second kappa shape index (κ2) is 7.42. The minimum atomic E-state index is -3.37. The maximum Gasteiger partial charge on any atom is 0.281 e. The molecule has 3 aromatic rings. The summed E-state index contributed by atoms with van der Waals surface area (Å²) in [6.45, 7) is 1.77. The maximum absolute atomic E-state index is 14.8. The lowest BCUT2D eigenvalue weighted by Crippen LogP contribution is -2.22. The van der Waals surface area contributed by atoms with Crippen LogP contribution in [0, 0.1) is 24.1 Å². The molecule has 1 N–H and O–H groups in total. The van der Waals surface area contributed by atoms with E-state index < -0.39 is 36.4 Å². The number of imidazole rings is 1. The first-order valence-corrected chi connectivity index (χ1v) is 10.7. The van der Waals surface area contributed by atoms with E-state index in [4.69, 9.17) is 0 Å². The Morgan fingerprint density at radius 1 is 1.18 bits per heavy atom. The molecule has 170 valence electrons. The van der Waals surface area contributed by atoms with E-state index >= 15 is 0 Å². The lowest BCUT2D eigenvalue weighted by Gasteiger charge is -2.31. The monoisotopic (exact) mass is 455 g/mol. The van der Waals surface area contributed by atoms with Gasteiger partial charge in [0.2, 0.25) is 0 Å². The normalized spacial score (nSPS) is 23.2. The Bertz CT molecular complexity index is 1300. The van der Waals surface area contributed by atoms with E-state index in [9.17, 15) is 27.9 Å². The first-order chi connectivity index (χ1) is 15.6. The molecule has 5 rings (SSSR count). The Morgan fingerprint density at radius 3 is 2.61 bits per heavy atom. The predicted molar refractivity (Wildman–Crippen MR) is 113 cm³/mol. The van der Waals surface area contributed by atoms with Gasteiger partial charge in [-0.25, -0.2) is 22.5 Å². The summed E-state index contributed by atoms with van der Waals surface area (Å²) in [5, 5.41) is 20.2. The van der Waals surface area contributed by atoms with Gasteiger partial charge in [0.25, 0.3) is 5.92 Å². The molecule has 33 heavy (non-hydrogen) atoms. The van der Waals surface area contributed by atoms with E-state index in [1.807, 2.05) is 6.07 Å². The van der Waals surface area contributed by atoms with Crippen LogP contribution in [0.4, 0.5) is 17.6 Å². The van der Waals surface area contributed by atoms with Crippen molar-refractivity contribution in [3.63, 3.8) is 0 Å². The quantitative estimate of drug-likeness (QED) is 0.514. The number of hydrogen-bond donors (Lipinski definition) is 1. The Balaban J connectivity index is 1.77. The van der Waals surface area contributed by atoms with Crippen molar-refractivity contribution in [2.24, 2.45) is 7.05 Å². The molecule has 0 saturated carbocycles. The van der Waals surface area contributed by atoms with Crippen LogP contribution in [0.15, 0.2) is 30.6 Å². The summed E-state index contributed by atoms with van der Waals surface area (Å²) in [6.07, 6.45) is -2.16. The van der Waals surface area contributed by atoms with Crippen molar-refractivity contribution in [2.75, 3.05) is 0 Å². The molecular weight excluding hydrogens is 434 g/mol. The molecule has 8 heteroatoms. The van der Waals surface area contributed by atoms with Crippen LogP contribution in [-0.2, 0) is 13.5 Å².